The van der Waals surface area contributed by atoms with Gasteiger partial charge in [0, 0.05) is 6.61 Å². The Kier molecular flexibility index (Phi) is 285. The number of halogens is 2. The van der Waals surface area contributed by atoms with E-state index in [1.54, 1.807) is 16.0 Å². The summed E-state index contributed by atoms with van der Waals surface area (Å²) in [6.07, 6.45) is 0. The van der Waals surface area contributed by atoms with E-state index in [0.29, 0.717) is 0 Å². The molecule has 0 heterocycles. The van der Waals surface area contributed by atoms with E-state index in [4.69, 9.17) is 9.67 Å². The standard InChI is InChI=1S/C2H6O.2ClH.HOP/c1-2-3;;;1-2/h3H,2H2,1H3;2*1H;2H. The van der Waals surface area contributed by atoms with Gasteiger partial charge < -0.3 is 5.11 Å². The Morgan fingerprint density at radius 3 is 1.43 bits per heavy atom. The van der Waals surface area contributed by atoms with Crippen molar-refractivity contribution < 1.29 is 9.67 Å². The van der Waals surface area contributed by atoms with Crippen LogP contribution in [0.15, 0.2) is 0 Å². The van der Waals surface area contributed by atoms with Crippen molar-refractivity contribution in [2.45, 2.75) is 6.92 Å². The highest BCUT2D eigenvalue weighted by atomic mass is 35.5. The van der Waals surface area contributed by atoms with Crippen LogP contribution >= 0.6 is 33.9 Å². The maximum atomic E-state index is 8.06. The Hall–Kier alpha value is 0.640. The molecule has 0 bridgehead atoms. The van der Waals surface area contributed by atoms with Gasteiger partial charge >= 0.3 is 0 Å². The lowest BCUT2D eigenvalue weighted by atomic mass is 10.9. The number of aliphatic hydroxyl groups excluding tert-OH is 1. The molecule has 0 rings (SSSR count). The zero-order valence-electron chi connectivity index (χ0n) is 3.88. The lowest BCUT2D eigenvalue weighted by molar-refractivity contribution is 0.318. The molecule has 0 aromatic carbocycles. The number of aliphatic hydroxyl groups is 1. The minimum absolute atomic E-state index is 0. The van der Waals surface area contributed by atoms with Crippen molar-refractivity contribution in [2.75, 3.05) is 6.61 Å². The summed E-state index contributed by atoms with van der Waals surface area (Å²) in [6.45, 7) is 1.93. The summed E-state index contributed by atoms with van der Waals surface area (Å²) in [5, 5.41) is 7.57. The lowest BCUT2D eigenvalue weighted by Gasteiger charge is -1.52. The van der Waals surface area contributed by atoms with E-state index in [0.717, 1.165) is 0 Å². The Morgan fingerprint density at radius 2 is 1.43 bits per heavy atom. The van der Waals surface area contributed by atoms with E-state index >= 15 is 0 Å². The summed E-state index contributed by atoms with van der Waals surface area (Å²) in [7, 11) is 1.72. The van der Waals surface area contributed by atoms with E-state index in [9.17, 15) is 0 Å². The molecule has 0 aromatic rings. The smallest absolute Gasteiger partial charge is 0.138 e. The van der Waals surface area contributed by atoms with Crippen LogP contribution in [0.5, 0.6) is 0 Å². The van der Waals surface area contributed by atoms with Crippen LogP contribution < -0.4 is 0 Å². The van der Waals surface area contributed by atoms with Gasteiger partial charge in [-0.3, -0.25) is 4.57 Å². The van der Waals surface area contributed by atoms with Crippen LogP contribution in [0.25, 0.3) is 0 Å². The van der Waals surface area contributed by atoms with E-state index in [1.807, 2.05) is 0 Å². The number of rotatable bonds is 0. The Morgan fingerprint density at radius 1 is 1.43 bits per heavy atom. The maximum absolute atomic E-state index is 8.06. The van der Waals surface area contributed by atoms with Gasteiger partial charge in [-0.1, -0.05) is 0 Å². The van der Waals surface area contributed by atoms with Gasteiger partial charge in [0.25, 0.3) is 0 Å². The third-order valence-electron chi connectivity index (χ3n) is 0. The van der Waals surface area contributed by atoms with Crippen LogP contribution in [0.2, 0.25) is 0 Å². The minimum atomic E-state index is 0. The van der Waals surface area contributed by atoms with Gasteiger partial charge in [-0.05, 0) is 6.92 Å². The van der Waals surface area contributed by atoms with Crippen LogP contribution in [0.3, 0.4) is 0 Å². The summed E-state index contributed by atoms with van der Waals surface area (Å²) >= 11 is 0. The third-order valence-corrected chi connectivity index (χ3v) is 0. The van der Waals surface area contributed by atoms with Crippen molar-refractivity contribution in [1.82, 2.24) is 0 Å². The summed E-state index contributed by atoms with van der Waals surface area (Å²) < 4.78 is 8.06. The normalized spacial score (nSPS) is 3.14. The van der Waals surface area contributed by atoms with E-state index < -0.39 is 0 Å². The predicted molar refractivity (Wildman–Crippen MR) is 36.3 cm³/mol. The Balaban J connectivity index is -0.0000000105. The highest BCUT2D eigenvalue weighted by Crippen LogP contribution is 1.30. The molecule has 48 valence electrons. The van der Waals surface area contributed by atoms with Crippen LogP contribution in [0.4, 0.5) is 0 Å². The molecule has 0 fully saturated rings. The molecule has 1 N–H and O–H groups in total. The molecular weight excluding hydrogens is 158 g/mol. The minimum Gasteiger partial charge on any atom is -0.397 e. The first-order valence-electron chi connectivity index (χ1n) is 1.23. The maximum Gasteiger partial charge on any atom is 0.138 e. The fourth-order valence-corrected chi connectivity index (χ4v) is 0. The summed E-state index contributed by atoms with van der Waals surface area (Å²) in [4.78, 5) is 0. The summed E-state index contributed by atoms with van der Waals surface area (Å²) in [5.74, 6) is 0. The van der Waals surface area contributed by atoms with Gasteiger partial charge in [0.1, 0.15) is 9.12 Å². The molecule has 0 saturated carbocycles. The van der Waals surface area contributed by atoms with Crippen LogP contribution in [0.1, 0.15) is 6.92 Å². The van der Waals surface area contributed by atoms with Crippen molar-refractivity contribution in [3.05, 3.63) is 0 Å². The first-order chi connectivity index (χ1) is 2.41. The Bertz CT molecular complexity index is 17.7. The molecule has 0 atom stereocenters. The molecule has 0 unspecified atom stereocenters. The van der Waals surface area contributed by atoms with Gasteiger partial charge in [0.15, 0.2) is 0 Å². The molecule has 0 saturated heterocycles. The van der Waals surface area contributed by atoms with Crippen molar-refractivity contribution in [3.63, 3.8) is 0 Å². The molecule has 0 aliphatic rings. The van der Waals surface area contributed by atoms with Gasteiger partial charge in [-0.25, -0.2) is 0 Å². The number of hydrogen-bond donors (Lipinski definition) is 1. The van der Waals surface area contributed by atoms with Gasteiger partial charge in [0.05, 0.1) is 0 Å². The van der Waals surface area contributed by atoms with Gasteiger partial charge in [-0.15, -0.1) is 24.8 Å². The van der Waals surface area contributed by atoms with Crippen molar-refractivity contribution >= 4 is 33.9 Å². The third kappa shape index (κ3) is 349. The second-order valence-corrected chi connectivity index (χ2v) is 0.316. The zero-order chi connectivity index (χ0) is 4.71. The van der Waals surface area contributed by atoms with Crippen LogP contribution in [-0.2, 0) is 4.57 Å². The van der Waals surface area contributed by atoms with Crippen molar-refractivity contribution in [3.8, 4) is 0 Å². The second kappa shape index (κ2) is 78.5. The molecule has 7 heavy (non-hydrogen) atoms. The largest absolute Gasteiger partial charge is 0.397 e. The Labute approximate surface area is 57.7 Å². The first-order valence-corrected chi connectivity index (χ1v) is 1.64. The molecule has 0 amide bonds. The molecule has 0 aromatic heterocycles. The monoisotopic (exact) mass is 166 g/mol. The van der Waals surface area contributed by atoms with E-state index in [-0.39, 0.29) is 31.4 Å². The highest BCUT2D eigenvalue weighted by Gasteiger charge is 1.34. The predicted octanol–water partition coefficient (Wildman–Crippen LogP) is 1.32. The van der Waals surface area contributed by atoms with Gasteiger partial charge in [-0.2, -0.15) is 0 Å². The quantitative estimate of drug-likeness (QED) is 0.552. The lowest BCUT2D eigenvalue weighted by Crippen LogP contribution is -1.57. The summed E-state index contributed by atoms with van der Waals surface area (Å²) in [5.41, 5.74) is 0. The average Bonchev–Trinajstić information content (AvgIpc) is 1.46. The molecule has 2 nitrogen and oxygen atoms in total. The molecule has 0 aliphatic heterocycles. The molecule has 5 heteroatoms. The summed E-state index contributed by atoms with van der Waals surface area (Å²) in [6, 6.07) is 0. The van der Waals surface area contributed by atoms with Crippen molar-refractivity contribution in [2.24, 2.45) is 0 Å². The molecule has 0 aliphatic carbocycles. The van der Waals surface area contributed by atoms with Gasteiger partial charge in [0.2, 0.25) is 0 Å². The molecular formula is C2H9Cl2O2P. The highest BCUT2D eigenvalue weighted by molar-refractivity contribution is 7.00. The average molecular weight is 167 g/mol. The fraction of sp³-hybridized carbons (Fsp3) is 1.00. The van der Waals surface area contributed by atoms with Crippen molar-refractivity contribution in [1.29, 1.82) is 0 Å². The van der Waals surface area contributed by atoms with E-state index in [2.05, 4.69) is 0 Å². The number of hydrogen-bond acceptors (Lipinski definition) is 2. The SMILES string of the molecule is CCO.Cl.Cl.O=P. The fourth-order valence-electron chi connectivity index (χ4n) is 0. The van der Waals surface area contributed by atoms with Crippen LogP contribution in [-0.4, -0.2) is 11.7 Å². The van der Waals surface area contributed by atoms with Crippen LogP contribution in [0, 0.1) is 0 Å². The second-order valence-electron chi connectivity index (χ2n) is 0.316. The van der Waals surface area contributed by atoms with E-state index in [1.165, 1.54) is 0 Å². The molecule has 0 spiro atoms. The molecule has 0 radical (unpaired) electrons. The zero-order valence-corrected chi connectivity index (χ0v) is 6.51. The first kappa shape index (κ1) is 25.4. The topological polar surface area (TPSA) is 37.3 Å².